The molecule has 0 spiro atoms. The van der Waals surface area contributed by atoms with Crippen LogP contribution in [0.2, 0.25) is 0 Å². The van der Waals surface area contributed by atoms with E-state index in [0.29, 0.717) is 0 Å². The molecule has 0 atom stereocenters. The minimum Gasteiger partial charge on any atom is -0.291 e. The lowest BCUT2D eigenvalue weighted by Gasteiger charge is -1.90. The second kappa shape index (κ2) is 5.08. The molecule has 72 valence electrons. The molecule has 0 aromatic carbocycles. The zero-order chi connectivity index (χ0) is 9.64. The van der Waals surface area contributed by atoms with E-state index in [0.717, 1.165) is 13.0 Å². The van der Waals surface area contributed by atoms with Crippen LogP contribution in [0.1, 0.15) is 9.75 Å². The van der Waals surface area contributed by atoms with E-state index in [1.165, 1.54) is 9.75 Å². The first-order chi connectivity index (χ1) is 6.95. The Hall–Kier alpha value is -0.930. The second-order valence-corrected chi connectivity index (χ2v) is 4.89. The zero-order valence-corrected chi connectivity index (χ0v) is 9.35. The summed E-state index contributed by atoms with van der Waals surface area (Å²) >= 11 is 3.52. The topological polar surface area (TPSA) is 12.4 Å². The van der Waals surface area contributed by atoms with Crippen molar-refractivity contribution in [3.05, 3.63) is 44.8 Å². The largest absolute Gasteiger partial charge is 0.291 e. The predicted molar refractivity (Wildman–Crippen MR) is 64.8 cm³/mol. The van der Waals surface area contributed by atoms with E-state index in [1.807, 2.05) is 12.3 Å². The second-order valence-electron chi connectivity index (χ2n) is 2.88. The molecule has 0 N–H and O–H groups in total. The van der Waals surface area contributed by atoms with Gasteiger partial charge < -0.3 is 0 Å². The molecule has 3 heteroatoms. The average molecular weight is 221 g/mol. The summed E-state index contributed by atoms with van der Waals surface area (Å²) in [5, 5.41) is 4.18. The molecule has 2 rings (SSSR count). The molecule has 2 heterocycles. The normalized spacial score (nSPS) is 11.1. The van der Waals surface area contributed by atoms with Gasteiger partial charge in [-0.15, -0.1) is 22.7 Å². The van der Waals surface area contributed by atoms with Crippen LogP contribution in [0.5, 0.6) is 0 Å². The summed E-state index contributed by atoms with van der Waals surface area (Å²) in [5.41, 5.74) is 0. The van der Waals surface area contributed by atoms with Gasteiger partial charge >= 0.3 is 0 Å². The van der Waals surface area contributed by atoms with E-state index >= 15 is 0 Å². The molecule has 0 amide bonds. The van der Waals surface area contributed by atoms with Gasteiger partial charge in [-0.25, -0.2) is 0 Å². The third kappa shape index (κ3) is 2.79. The van der Waals surface area contributed by atoms with Crippen LogP contribution >= 0.6 is 22.7 Å². The van der Waals surface area contributed by atoms with E-state index in [9.17, 15) is 0 Å². The van der Waals surface area contributed by atoms with Crippen molar-refractivity contribution < 1.29 is 0 Å². The monoisotopic (exact) mass is 221 g/mol. The first kappa shape index (κ1) is 9.62. The Morgan fingerprint density at radius 1 is 1.14 bits per heavy atom. The number of hydrogen-bond donors (Lipinski definition) is 0. The third-order valence-electron chi connectivity index (χ3n) is 1.83. The maximum absolute atomic E-state index is 4.38. The minimum atomic E-state index is 0.887. The van der Waals surface area contributed by atoms with Crippen LogP contribution in [0.3, 0.4) is 0 Å². The van der Waals surface area contributed by atoms with Gasteiger partial charge in [0.1, 0.15) is 0 Å². The molecule has 1 nitrogen and oxygen atoms in total. The van der Waals surface area contributed by atoms with Gasteiger partial charge in [0.2, 0.25) is 0 Å². The van der Waals surface area contributed by atoms with Crippen molar-refractivity contribution >= 4 is 28.9 Å². The molecule has 0 saturated carbocycles. The number of rotatable bonds is 4. The Kier molecular flexibility index (Phi) is 3.49. The minimum absolute atomic E-state index is 0.887. The lowest BCUT2D eigenvalue weighted by molar-refractivity contribution is 0.994. The fourth-order valence-corrected chi connectivity index (χ4v) is 2.45. The first-order valence-electron chi connectivity index (χ1n) is 4.51. The van der Waals surface area contributed by atoms with Gasteiger partial charge in [-0.3, -0.25) is 4.99 Å². The lowest BCUT2D eigenvalue weighted by Crippen LogP contribution is -1.86. The molecule has 0 aliphatic heterocycles. The van der Waals surface area contributed by atoms with Crippen LogP contribution in [0.25, 0.3) is 0 Å². The van der Waals surface area contributed by atoms with Crippen LogP contribution in [-0.2, 0) is 6.42 Å². The summed E-state index contributed by atoms with van der Waals surface area (Å²) in [6, 6.07) is 8.37. The fraction of sp³-hybridized carbons (Fsp3) is 0.182. The van der Waals surface area contributed by atoms with Crippen LogP contribution in [0, 0.1) is 0 Å². The molecule has 0 aliphatic carbocycles. The van der Waals surface area contributed by atoms with Crippen molar-refractivity contribution in [2.24, 2.45) is 4.99 Å². The highest BCUT2D eigenvalue weighted by molar-refractivity contribution is 7.11. The summed E-state index contributed by atoms with van der Waals surface area (Å²) in [6.07, 6.45) is 3.01. The van der Waals surface area contributed by atoms with E-state index in [-0.39, 0.29) is 0 Å². The summed E-state index contributed by atoms with van der Waals surface area (Å²) in [7, 11) is 0. The Balaban J connectivity index is 1.78. The van der Waals surface area contributed by atoms with E-state index in [1.54, 1.807) is 22.7 Å². The molecule has 0 saturated heterocycles. The van der Waals surface area contributed by atoms with Gasteiger partial charge in [-0.1, -0.05) is 12.1 Å². The van der Waals surface area contributed by atoms with Gasteiger partial charge in [0.15, 0.2) is 0 Å². The van der Waals surface area contributed by atoms with Gasteiger partial charge in [0.25, 0.3) is 0 Å². The molecular weight excluding hydrogens is 210 g/mol. The number of hydrogen-bond acceptors (Lipinski definition) is 3. The van der Waals surface area contributed by atoms with Crippen LogP contribution in [0.15, 0.2) is 40.0 Å². The van der Waals surface area contributed by atoms with Gasteiger partial charge in [-0.2, -0.15) is 0 Å². The molecule has 2 aromatic rings. The summed E-state index contributed by atoms with van der Waals surface area (Å²) < 4.78 is 0. The highest BCUT2D eigenvalue weighted by Gasteiger charge is 1.91. The van der Waals surface area contributed by atoms with Gasteiger partial charge in [0.05, 0.1) is 0 Å². The third-order valence-corrected chi connectivity index (χ3v) is 3.57. The Morgan fingerprint density at radius 3 is 2.71 bits per heavy atom. The SMILES string of the molecule is C(=NCCc1cccs1)c1cccs1. The maximum atomic E-state index is 4.38. The number of nitrogens with zero attached hydrogens (tertiary/aromatic N) is 1. The van der Waals surface area contributed by atoms with E-state index < -0.39 is 0 Å². The summed E-state index contributed by atoms with van der Waals surface area (Å²) in [5.74, 6) is 0. The zero-order valence-electron chi connectivity index (χ0n) is 7.72. The van der Waals surface area contributed by atoms with E-state index in [4.69, 9.17) is 0 Å². The predicted octanol–water partition coefficient (Wildman–Crippen LogP) is 3.47. The summed E-state index contributed by atoms with van der Waals surface area (Å²) in [6.45, 7) is 0.887. The molecule has 0 fully saturated rings. The van der Waals surface area contributed by atoms with Crippen LogP contribution < -0.4 is 0 Å². The van der Waals surface area contributed by atoms with Crippen LogP contribution in [0.4, 0.5) is 0 Å². The molecule has 14 heavy (non-hydrogen) atoms. The fourth-order valence-electron chi connectivity index (χ4n) is 1.15. The van der Waals surface area contributed by atoms with Crippen molar-refractivity contribution in [2.75, 3.05) is 6.54 Å². The highest BCUT2D eigenvalue weighted by atomic mass is 32.1. The maximum Gasteiger partial charge on any atom is 0.0448 e. The van der Waals surface area contributed by atoms with Crippen molar-refractivity contribution in [1.29, 1.82) is 0 Å². The Bertz CT molecular complexity index is 373. The molecule has 0 unspecified atom stereocenters. The van der Waals surface area contributed by atoms with E-state index in [2.05, 4.69) is 34.0 Å². The number of thiophene rings is 2. The standard InChI is InChI=1S/C11H11NS2/c1-3-10(13-7-1)5-6-12-9-11-4-2-8-14-11/h1-4,7-9H,5-6H2. The number of aliphatic imine (C=N–C) groups is 1. The molecular formula is C11H11NS2. The first-order valence-corrected chi connectivity index (χ1v) is 6.27. The highest BCUT2D eigenvalue weighted by Crippen LogP contribution is 2.09. The van der Waals surface area contributed by atoms with Crippen molar-refractivity contribution in [3.63, 3.8) is 0 Å². The Morgan fingerprint density at radius 2 is 2.00 bits per heavy atom. The molecule has 2 aromatic heterocycles. The molecule has 0 aliphatic rings. The van der Waals surface area contributed by atoms with Crippen molar-refractivity contribution in [2.45, 2.75) is 6.42 Å². The molecule has 0 radical (unpaired) electrons. The Labute approximate surface area is 91.8 Å². The molecule has 0 bridgehead atoms. The average Bonchev–Trinajstić information content (AvgIpc) is 2.86. The smallest absolute Gasteiger partial charge is 0.0448 e. The summed E-state index contributed by atoms with van der Waals surface area (Å²) in [4.78, 5) is 7.02. The van der Waals surface area contributed by atoms with Crippen molar-refractivity contribution in [3.8, 4) is 0 Å². The van der Waals surface area contributed by atoms with Gasteiger partial charge in [0, 0.05) is 28.9 Å². The van der Waals surface area contributed by atoms with Gasteiger partial charge in [-0.05, 0) is 22.9 Å². The quantitative estimate of drug-likeness (QED) is 0.701. The van der Waals surface area contributed by atoms with Crippen molar-refractivity contribution in [1.82, 2.24) is 0 Å². The lowest BCUT2D eigenvalue weighted by atomic mass is 10.3. The van der Waals surface area contributed by atoms with Crippen LogP contribution in [-0.4, -0.2) is 12.8 Å².